The smallest absolute Gasteiger partial charge is 0.364 e. The summed E-state index contributed by atoms with van der Waals surface area (Å²) in [6.07, 6.45) is 0. The molecule has 0 saturated heterocycles. The van der Waals surface area contributed by atoms with Crippen LogP contribution in [0, 0.1) is 0 Å². The number of nitrogens with two attached hydrogens (primary N) is 1. The molecule has 5 N–H and O–H groups in total. The molecule has 0 unspecified atom stereocenters. The number of aromatic hydroxyl groups is 1. The van der Waals surface area contributed by atoms with Gasteiger partial charge in [-0.1, -0.05) is 16.7 Å². The number of urea groups is 1. The number of anilines is 1. The van der Waals surface area contributed by atoms with E-state index in [-0.39, 0.29) is 16.5 Å². The Morgan fingerprint density at radius 2 is 1.88 bits per heavy atom. The highest BCUT2D eigenvalue weighted by atomic mass is 35.5. The zero-order valence-electron chi connectivity index (χ0n) is 13.0. The third-order valence-corrected chi connectivity index (χ3v) is 4.55. The van der Waals surface area contributed by atoms with Crippen molar-refractivity contribution in [3.8, 4) is 5.88 Å². The predicted molar refractivity (Wildman–Crippen MR) is 96.3 cm³/mol. The SMILES string of the molecule is NS(=O)(=O)c1ccc(NC(=O)N=Nc2c(O)[nH]c3cc(Cl)ccc23)cc1. The molecule has 0 radical (unpaired) electrons. The molecule has 134 valence electrons. The number of primary sulfonamides is 1. The number of sulfonamides is 1. The summed E-state index contributed by atoms with van der Waals surface area (Å²) in [5.74, 6) is -0.253. The fourth-order valence-corrected chi connectivity index (χ4v) is 2.90. The minimum absolute atomic E-state index is 0.0838. The van der Waals surface area contributed by atoms with E-state index in [1.807, 2.05) is 0 Å². The molecule has 0 aliphatic carbocycles. The minimum Gasteiger partial charge on any atom is -0.493 e. The quantitative estimate of drug-likeness (QED) is 0.503. The van der Waals surface area contributed by atoms with Crippen molar-refractivity contribution in [1.82, 2.24) is 4.98 Å². The van der Waals surface area contributed by atoms with E-state index in [0.29, 0.717) is 21.6 Å². The predicted octanol–water partition coefficient (Wildman–Crippen LogP) is 3.49. The molecule has 1 aromatic heterocycles. The topological polar surface area (TPSA) is 150 Å². The number of nitrogens with zero attached hydrogens (tertiary/aromatic N) is 2. The monoisotopic (exact) mass is 393 g/mol. The van der Waals surface area contributed by atoms with Crippen LogP contribution in [0.1, 0.15) is 0 Å². The lowest BCUT2D eigenvalue weighted by Gasteiger charge is -2.02. The number of carbonyl (C=O) groups excluding carboxylic acids is 1. The average molecular weight is 394 g/mol. The molecule has 0 spiro atoms. The first kappa shape index (κ1) is 17.9. The Kier molecular flexibility index (Phi) is 4.64. The number of nitrogens with one attached hydrogen (secondary N) is 2. The molecule has 0 aliphatic rings. The van der Waals surface area contributed by atoms with Gasteiger partial charge in [0.05, 0.1) is 10.4 Å². The van der Waals surface area contributed by atoms with Crippen molar-refractivity contribution < 1.29 is 18.3 Å². The lowest BCUT2D eigenvalue weighted by atomic mass is 10.2. The van der Waals surface area contributed by atoms with E-state index in [1.54, 1.807) is 18.2 Å². The van der Waals surface area contributed by atoms with Crippen molar-refractivity contribution in [2.75, 3.05) is 5.32 Å². The van der Waals surface area contributed by atoms with E-state index in [4.69, 9.17) is 16.7 Å². The first-order valence-corrected chi connectivity index (χ1v) is 9.02. The Balaban J connectivity index is 1.77. The van der Waals surface area contributed by atoms with Crippen molar-refractivity contribution in [1.29, 1.82) is 0 Å². The molecule has 26 heavy (non-hydrogen) atoms. The van der Waals surface area contributed by atoms with Crippen LogP contribution in [0.2, 0.25) is 5.02 Å². The van der Waals surface area contributed by atoms with Crippen LogP contribution in [0.5, 0.6) is 5.88 Å². The van der Waals surface area contributed by atoms with Gasteiger partial charge in [0.15, 0.2) is 5.69 Å². The van der Waals surface area contributed by atoms with Gasteiger partial charge in [0.1, 0.15) is 0 Å². The molecule has 0 saturated carbocycles. The second-order valence-electron chi connectivity index (χ2n) is 5.21. The summed E-state index contributed by atoms with van der Waals surface area (Å²) in [4.78, 5) is 14.5. The number of fused-ring (bicyclic) bond motifs is 1. The summed E-state index contributed by atoms with van der Waals surface area (Å²) in [6.45, 7) is 0. The molecule has 0 fully saturated rings. The fourth-order valence-electron chi connectivity index (χ4n) is 2.21. The number of amides is 2. The lowest BCUT2D eigenvalue weighted by molar-refractivity contribution is 0.258. The van der Waals surface area contributed by atoms with Crippen molar-refractivity contribution in [3.05, 3.63) is 47.5 Å². The Labute approximate surface area is 152 Å². The van der Waals surface area contributed by atoms with Gasteiger partial charge in [-0.05, 0) is 42.5 Å². The van der Waals surface area contributed by atoms with Gasteiger partial charge in [0.25, 0.3) is 0 Å². The summed E-state index contributed by atoms with van der Waals surface area (Å²) in [6, 6.07) is 9.25. The van der Waals surface area contributed by atoms with Crippen LogP contribution in [0.15, 0.2) is 57.6 Å². The van der Waals surface area contributed by atoms with Gasteiger partial charge in [-0.2, -0.15) is 0 Å². The van der Waals surface area contributed by atoms with E-state index in [1.165, 1.54) is 24.3 Å². The molecule has 0 aliphatic heterocycles. The van der Waals surface area contributed by atoms with E-state index < -0.39 is 16.1 Å². The third-order valence-electron chi connectivity index (χ3n) is 3.39. The van der Waals surface area contributed by atoms with Gasteiger partial charge in [0.2, 0.25) is 15.9 Å². The van der Waals surface area contributed by atoms with Crippen LogP contribution < -0.4 is 10.5 Å². The minimum atomic E-state index is -3.81. The molecule has 0 bridgehead atoms. The summed E-state index contributed by atoms with van der Waals surface area (Å²) < 4.78 is 22.4. The molecule has 11 heteroatoms. The second-order valence-corrected chi connectivity index (χ2v) is 7.21. The molecule has 0 atom stereocenters. The van der Waals surface area contributed by atoms with Crippen molar-refractivity contribution in [2.45, 2.75) is 4.90 Å². The Morgan fingerprint density at radius 3 is 2.54 bits per heavy atom. The van der Waals surface area contributed by atoms with Crippen molar-refractivity contribution in [3.63, 3.8) is 0 Å². The number of rotatable bonds is 3. The molecular weight excluding hydrogens is 382 g/mol. The van der Waals surface area contributed by atoms with Gasteiger partial charge in [-0.3, -0.25) is 0 Å². The molecule has 2 amide bonds. The van der Waals surface area contributed by atoms with Crippen LogP contribution in [-0.2, 0) is 10.0 Å². The molecule has 1 heterocycles. The summed E-state index contributed by atoms with van der Waals surface area (Å²) in [5, 5.41) is 25.5. The maximum atomic E-state index is 11.9. The number of benzene rings is 2. The standard InChI is InChI=1S/C15H12ClN5O4S/c16-8-1-6-11-12(7-8)19-14(22)13(11)20-21-15(23)18-9-2-4-10(5-3-9)26(17,24)25/h1-7,19,22H,(H,18,23)(H2,17,24,25). The highest BCUT2D eigenvalue weighted by Gasteiger charge is 2.12. The normalized spacial score (nSPS) is 11.9. The number of hydrogen-bond acceptors (Lipinski definition) is 5. The van der Waals surface area contributed by atoms with E-state index in [9.17, 15) is 18.3 Å². The first-order chi connectivity index (χ1) is 12.2. The zero-order valence-corrected chi connectivity index (χ0v) is 14.5. The van der Waals surface area contributed by atoms with Crippen molar-refractivity contribution in [2.24, 2.45) is 15.4 Å². The average Bonchev–Trinajstić information content (AvgIpc) is 2.87. The maximum Gasteiger partial charge on any atom is 0.364 e. The number of azo groups is 1. The fraction of sp³-hybridized carbons (Fsp3) is 0. The molecular formula is C15H12ClN5O4S. The van der Waals surface area contributed by atoms with E-state index in [2.05, 4.69) is 20.5 Å². The Morgan fingerprint density at radius 1 is 1.19 bits per heavy atom. The number of H-pyrrole nitrogens is 1. The van der Waals surface area contributed by atoms with Gasteiger partial charge >= 0.3 is 6.03 Å². The lowest BCUT2D eigenvalue weighted by Crippen LogP contribution is -2.12. The van der Waals surface area contributed by atoms with E-state index >= 15 is 0 Å². The van der Waals surface area contributed by atoms with Crippen LogP contribution in [-0.4, -0.2) is 24.5 Å². The number of aromatic amines is 1. The maximum absolute atomic E-state index is 11.9. The summed E-state index contributed by atoms with van der Waals surface area (Å²) in [7, 11) is -3.81. The van der Waals surface area contributed by atoms with Crippen LogP contribution >= 0.6 is 11.6 Å². The van der Waals surface area contributed by atoms with Gasteiger partial charge in [-0.25, -0.2) is 18.4 Å². The molecule has 3 aromatic rings. The Bertz CT molecular complexity index is 1120. The van der Waals surface area contributed by atoms with E-state index in [0.717, 1.165) is 0 Å². The third kappa shape index (κ3) is 3.82. The molecule has 2 aromatic carbocycles. The second kappa shape index (κ2) is 6.75. The van der Waals surface area contributed by atoms with Crippen LogP contribution in [0.25, 0.3) is 10.9 Å². The number of hydrogen-bond donors (Lipinski definition) is 4. The summed E-state index contributed by atoms with van der Waals surface area (Å²) >= 11 is 5.87. The van der Waals surface area contributed by atoms with Crippen molar-refractivity contribution >= 4 is 49.9 Å². The number of carbonyl (C=O) groups is 1. The summed E-state index contributed by atoms with van der Waals surface area (Å²) in [5.41, 5.74) is 0.940. The van der Waals surface area contributed by atoms with Crippen LogP contribution in [0.4, 0.5) is 16.2 Å². The molecule has 9 nitrogen and oxygen atoms in total. The largest absolute Gasteiger partial charge is 0.493 e. The zero-order chi connectivity index (χ0) is 18.9. The number of halogens is 1. The highest BCUT2D eigenvalue weighted by Crippen LogP contribution is 2.36. The van der Waals surface area contributed by atoms with Gasteiger partial charge in [-0.15, -0.1) is 5.11 Å². The highest BCUT2D eigenvalue weighted by molar-refractivity contribution is 7.89. The van der Waals surface area contributed by atoms with Gasteiger partial charge < -0.3 is 15.4 Å². The number of aromatic nitrogens is 1. The molecule has 3 rings (SSSR count). The van der Waals surface area contributed by atoms with Gasteiger partial charge in [0, 0.05) is 16.1 Å². The van der Waals surface area contributed by atoms with Crippen LogP contribution in [0.3, 0.4) is 0 Å². The first-order valence-electron chi connectivity index (χ1n) is 7.10. The Hall–Kier alpha value is -2.95.